The van der Waals surface area contributed by atoms with Crippen LogP contribution < -0.4 is 15.5 Å². The van der Waals surface area contributed by atoms with Crippen molar-refractivity contribution in [2.75, 3.05) is 30.4 Å². The third kappa shape index (κ3) is 7.06. The van der Waals surface area contributed by atoms with Crippen molar-refractivity contribution < 1.29 is 39.9 Å². The highest BCUT2D eigenvalue weighted by Gasteiger charge is 2.32. The van der Waals surface area contributed by atoms with Crippen molar-refractivity contribution in [1.29, 1.82) is 0 Å². The molecule has 0 aliphatic rings. The predicted octanol–water partition coefficient (Wildman–Crippen LogP) is -0.393. The number of carbonyl (C=O) groups is 3. The molecule has 0 fully saturated rings. The first-order valence-corrected chi connectivity index (χ1v) is 12.3. The van der Waals surface area contributed by atoms with Crippen LogP contribution in [0.25, 0.3) is 0 Å². The van der Waals surface area contributed by atoms with Gasteiger partial charge in [0.15, 0.2) is 0 Å². The summed E-state index contributed by atoms with van der Waals surface area (Å²) in [5, 5.41) is 53.1. The van der Waals surface area contributed by atoms with Gasteiger partial charge in [-0.2, -0.15) is 0 Å². The highest BCUT2D eigenvalue weighted by molar-refractivity contribution is 14.1. The van der Waals surface area contributed by atoms with Crippen LogP contribution in [-0.2, 0) is 9.59 Å². The Morgan fingerprint density at radius 3 is 1.94 bits per heavy atom. The SMILES string of the molecule is CC(=O)Nc1c(I)c(C(=O)NC[C@H](O)[C@@H](O)[C@H](O)[C@H](O)CO)c(I)c(N(C)C(C)=O)c1I. The third-order valence-electron chi connectivity index (χ3n) is 4.43. The second-order valence-electron chi connectivity index (χ2n) is 6.81. The zero-order valence-electron chi connectivity index (χ0n) is 17.3. The second kappa shape index (κ2) is 12.9. The molecule has 32 heavy (non-hydrogen) atoms. The molecule has 0 aromatic heterocycles. The molecule has 0 unspecified atom stereocenters. The molecule has 0 aliphatic heterocycles. The molecule has 180 valence electrons. The summed E-state index contributed by atoms with van der Waals surface area (Å²) in [6, 6.07) is 0. The number of benzene rings is 1. The lowest BCUT2D eigenvalue weighted by Crippen LogP contribution is -2.49. The Bertz CT molecular complexity index is 886. The van der Waals surface area contributed by atoms with Crippen molar-refractivity contribution in [3.05, 3.63) is 16.3 Å². The predicted molar refractivity (Wildman–Crippen MR) is 141 cm³/mol. The minimum absolute atomic E-state index is 0.135. The van der Waals surface area contributed by atoms with Crippen LogP contribution in [0.5, 0.6) is 0 Å². The molecule has 0 heterocycles. The number of anilines is 2. The lowest BCUT2D eigenvalue weighted by atomic mass is 10.0. The standard InChI is InChI=1S/C18H24I3N3O8/c1-6(26)23-14-11(19)10(12(20)15(13(14)21)24(3)7(2)27)18(32)22-4-8(28)16(30)17(31)9(29)5-25/h8-9,16-17,25,28-31H,4-5H2,1-3H3,(H,22,32)(H,23,26)/t8-,9+,16+,17+/m0/s1. The fourth-order valence-electron chi connectivity index (χ4n) is 2.56. The molecular weight excluding hydrogens is 767 g/mol. The molecular formula is C18H24I3N3O8. The summed E-state index contributed by atoms with van der Waals surface area (Å²) < 4.78 is 1.37. The van der Waals surface area contributed by atoms with Gasteiger partial charge in [-0.15, -0.1) is 0 Å². The summed E-state index contributed by atoms with van der Waals surface area (Å²) in [6.07, 6.45) is -6.98. The third-order valence-corrected chi connectivity index (χ3v) is 7.61. The molecule has 14 heteroatoms. The van der Waals surface area contributed by atoms with Crippen molar-refractivity contribution in [3.63, 3.8) is 0 Å². The van der Waals surface area contributed by atoms with Crippen LogP contribution in [0.4, 0.5) is 11.4 Å². The Labute approximate surface area is 225 Å². The van der Waals surface area contributed by atoms with E-state index in [9.17, 15) is 34.8 Å². The number of aliphatic hydroxyl groups excluding tert-OH is 5. The molecule has 3 amide bonds. The van der Waals surface area contributed by atoms with Crippen LogP contribution in [0.15, 0.2) is 0 Å². The van der Waals surface area contributed by atoms with Crippen molar-refractivity contribution in [1.82, 2.24) is 5.32 Å². The van der Waals surface area contributed by atoms with E-state index in [0.29, 0.717) is 22.1 Å². The average molecular weight is 791 g/mol. The molecule has 0 saturated carbocycles. The Morgan fingerprint density at radius 2 is 1.47 bits per heavy atom. The number of carbonyl (C=O) groups excluding carboxylic acids is 3. The number of amides is 3. The Hall–Kier alpha value is -0.380. The molecule has 7 N–H and O–H groups in total. The maximum absolute atomic E-state index is 13.0. The number of halogens is 3. The normalized spacial score (nSPS) is 14.8. The minimum Gasteiger partial charge on any atom is -0.394 e. The van der Waals surface area contributed by atoms with Gasteiger partial charge in [0.05, 0.1) is 40.4 Å². The molecule has 0 aliphatic carbocycles. The zero-order valence-corrected chi connectivity index (χ0v) is 23.7. The van der Waals surface area contributed by atoms with Crippen LogP contribution in [-0.4, -0.2) is 87.9 Å². The van der Waals surface area contributed by atoms with E-state index in [2.05, 4.69) is 10.6 Å². The first-order chi connectivity index (χ1) is 14.8. The van der Waals surface area contributed by atoms with Crippen LogP contribution >= 0.6 is 67.8 Å². The van der Waals surface area contributed by atoms with Crippen LogP contribution in [0.1, 0.15) is 24.2 Å². The maximum Gasteiger partial charge on any atom is 0.253 e. The molecule has 1 aromatic carbocycles. The molecule has 11 nitrogen and oxygen atoms in total. The summed E-state index contributed by atoms with van der Waals surface area (Å²) in [6.45, 7) is 1.35. The van der Waals surface area contributed by atoms with Gasteiger partial charge in [-0.3, -0.25) is 14.4 Å². The molecule has 0 radical (unpaired) electrons. The zero-order chi connectivity index (χ0) is 24.9. The summed E-state index contributed by atoms with van der Waals surface area (Å²) in [7, 11) is 1.53. The van der Waals surface area contributed by atoms with Crippen molar-refractivity contribution >= 4 is 96.9 Å². The molecule has 0 saturated heterocycles. The lowest BCUT2D eigenvalue weighted by Gasteiger charge is -2.26. The van der Waals surface area contributed by atoms with Crippen LogP contribution in [0, 0.1) is 10.7 Å². The average Bonchev–Trinajstić information content (AvgIpc) is 2.72. The number of nitrogens with zero attached hydrogens (tertiary/aromatic N) is 1. The van der Waals surface area contributed by atoms with Gasteiger partial charge in [0.25, 0.3) is 5.91 Å². The summed E-state index contributed by atoms with van der Waals surface area (Å²) in [4.78, 5) is 38.0. The van der Waals surface area contributed by atoms with Gasteiger partial charge in [-0.05, 0) is 67.8 Å². The van der Waals surface area contributed by atoms with Gasteiger partial charge in [0.1, 0.15) is 18.3 Å². The number of hydrogen-bond donors (Lipinski definition) is 7. The summed E-state index contributed by atoms with van der Waals surface area (Å²) in [5.74, 6) is -1.33. The Balaban J connectivity index is 3.33. The largest absolute Gasteiger partial charge is 0.394 e. The van der Waals surface area contributed by atoms with Crippen molar-refractivity contribution in [2.24, 2.45) is 0 Å². The van der Waals surface area contributed by atoms with E-state index in [-0.39, 0.29) is 17.4 Å². The van der Waals surface area contributed by atoms with Crippen LogP contribution in [0.3, 0.4) is 0 Å². The first kappa shape index (κ1) is 29.7. The molecule has 1 aromatic rings. The number of nitrogens with one attached hydrogen (secondary N) is 2. The number of hydrogen-bond acceptors (Lipinski definition) is 8. The van der Waals surface area contributed by atoms with Gasteiger partial charge >= 0.3 is 0 Å². The minimum atomic E-state index is -1.83. The summed E-state index contributed by atoms with van der Waals surface area (Å²) in [5.41, 5.74) is 0.889. The van der Waals surface area contributed by atoms with E-state index in [1.165, 1.54) is 25.8 Å². The topological polar surface area (TPSA) is 180 Å². The number of rotatable bonds is 9. The van der Waals surface area contributed by atoms with E-state index in [1.807, 2.05) is 67.8 Å². The van der Waals surface area contributed by atoms with E-state index < -0.39 is 43.5 Å². The molecule has 1 rings (SSSR count). The molecule has 0 spiro atoms. The lowest BCUT2D eigenvalue weighted by molar-refractivity contribution is -0.116. The summed E-state index contributed by atoms with van der Waals surface area (Å²) >= 11 is 5.78. The van der Waals surface area contributed by atoms with Gasteiger partial charge in [0.2, 0.25) is 11.8 Å². The highest BCUT2D eigenvalue weighted by Crippen LogP contribution is 2.40. The van der Waals surface area contributed by atoms with Crippen molar-refractivity contribution in [2.45, 2.75) is 38.3 Å². The van der Waals surface area contributed by atoms with E-state index in [1.54, 1.807) is 0 Å². The fourth-order valence-corrected chi connectivity index (χ4v) is 7.21. The highest BCUT2D eigenvalue weighted by atomic mass is 127. The van der Waals surface area contributed by atoms with Gasteiger partial charge < -0.3 is 41.1 Å². The van der Waals surface area contributed by atoms with Crippen molar-refractivity contribution in [3.8, 4) is 0 Å². The molecule has 4 atom stereocenters. The first-order valence-electron chi connectivity index (χ1n) is 9.09. The van der Waals surface area contributed by atoms with E-state index in [0.717, 1.165) is 0 Å². The number of aliphatic hydroxyl groups is 5. The quantitative estimate of drug-likeness (QED) is 0.165. The maximum atomic E-state index is 13.0. The molecule has 0 bridgehead atoms. The van der Waals surface area contributed by atoms with Gasteiger partial charge in [-0.25, -0.2) is 0 Å². The fraction of sp³-hybridized carbons (Fsp3) is 0.500. The smallest absolute Gasteiger partial charge is 0.253 e. The van der Waals surface area contributed by atoms with Gasteiger partial charge in [0, 0.05) is 27.4 Å². The Kier molecular flexibility index (Phi) is 12.0. The Morgan fingerprint density at radius 1 is 0.938 bits per heavy atom. The van der Waals surface area contributed by atoms with E-state index in [4.69, 9.17) is 5.11 Å². The van der Waals surface area contributed by atoms with Crippen LogP contribution in [0.2, 0.25) is 0 Å². The second-order valence-corrected chi connectivity index (χ2v) is 10.0. The monoisotopic (exact) mass is 791 g/mol. The van der Waals surface area contributed by atoms with Gasteiger partial charge in [-0.1, -0.05) is 0 Å². The van der Waals surface area contributed by atoms with E-state index >= 15 is 0 Å².